The fourth-order valence-corrected chi connectivity index (χ4v) is 1.13. The SMILES string of the molecule is C=C/C=C(/OCC)C(=N)c1ccncc1. The summed E-state index contributed by atoms with van der Waals surface area (Å²) in [5.74, 6) is 0.527. The highest BCUT2D eigenvalue weighted by molar-refractivity contribution is 6.09. The van der Waals surface area contributed by atoms with Crippen molar-refractivity contribution in [1.29, 1.82) is 5.41 Å². The summed E-state index contributed by atoms with van der Waals surface area (Å²) in [4.78, 5) is 3.90. The fourth-order valence-electron chi connectivity index (χ4n) is 1.13. The minimum atomic E-state index is 0.346. The molecule has 0 saturated heterocycles. The molecule has 0 aromatic carbocycles. The first kappa shape index (κ1) is 11.2. The molecule has 0 spiro atoms. The number of nitrogens with zero attached hydrogens (tertiary/aromatic N) is 1. The summed E-state index contributed by atoms with van der Waals surface area (Å²) < 4.78 is 5.34. The Morgan fingerprint density at radius 2 is 2.20 bits per heavy atom. The average molecular weight is 202 g/mol. The molecule has 3 nitrogen and oxygen atoms in total. The van der Waals surface area contributed by atoms with Gasteiger partial charge in [0, 0.05) is 18.0 Å². The predicted octanol–water partition coefficient (Wildman–Crippen LogP) is 2.56. The van der Waals surface area contributed by atoms with Crippen molar-refractivity contribution in [3.8, 4) is 0 Å². The summed E-state index contributed by atoms with van der Waals surface area (Å²) in [6.45, 7) is 6.01. The lowest BCUT2D eigenvalue weighted by Gasteiger charge is -2.09. The molecule has 0 bridgehead atoms. The third kappa shape index (κ3) is 3.06. The number of pyridine rings is 1. The summed E-state index contributed by atoms with van der Waals surface area (Å²) in [6.07, 6.45) is 6.61. The van der Waals surface area contributed by atoms with E-state index < -0.39 is 0 Å². The molecule has 3 heteroatoms. The number of hydrogen-bond acceptors (Lipinski definition) is 3. The summed E-state index contributed by atoms with van der Waals surface area (Å²) in [6, 6.07) is 3.55. The molecule has 0 atom stereocenters. The smallest absolute Gasteiger partial charge is 0.144 e. The Labute approximate surface area is 89.6 Å². The minimum Gasteiger partial charge on any atom is -0.492 e. The maximum atomic E-state index is 7.92. The van der Waals surface area contributed by atoms with Crippen LogP contribution in [0, 0.1) is 5.41 Å². The molecule has 1 aromatic rings. The van der Waals surface area contributed by atoms with E-state index in [1.807, 2.05) is 6.92 Å². The van der Waals surface area contributed by atoms with E-state index in [0.717, 1.165) is 5.56 Å². The van der Waals surface area contributed by atoms with E-state index in [-0.39, 0.29) is 0 Å². The second kappa shape index (κ2) is 5.75. The van der Waals surface area contributed by atoms with Crippen LogP contribution >= 0.6 is 0 Å². The quantitative estimate of drug-likeness (QED) is 0.453. The van der Waals surface area contributed by atoms with Crippen LogP contribution in [0.25, 0.3) is 0 Å². The van der Waals surface area contributed by atoms with Gasteiger partial charge in [-0.2, -0.15) is 0 Å². The lowest BCUT2D eigenvalue weighted by Crippen LogP contribution is -2.07. The average Bonchev–Trinajstić information content (AvgIpc) is 2.29. The van der Waals surface area contributed by atoms with Gasteiger partial charge in [0.05, 0.1) is 6.61 Å². The molecule has 0 aliphatic carbocycles. The zero-order chi connectivity index (χ0) is 11.1. The zero-order valence-electron chi connectivity index (χ0n) is 8.73. The van der Waals surface area contributed by atoms with Crippen molar-refractivity contribution >= 4 is 5.71 Å². The molecule has 1 N–H and O–H groups in total. The Kier molecular flexibility index (Phi) is 4.29. The maximum absolute atomic E-state index is 7.92. The molecule has 78 valence electrons. The number of allylic oxidation sites excluding steroid dienone is 3. The van der Waals surface area contributed by atoms with Crippen LogP contribution in [0.1, 0.15) is 12.5 Å². The van der Waals surface area contributed by atoms with Gasteiger partial charge in [0.2, 0.25) is 0 Å². The van der Waals surface area contributed by atoms with Gasteiger partial charge in [-0.3, -0.25) is 10.4 Å². The molecule has 0 aliphatic rings. The van der Waals surface area contributed by atoms with E-state index in [1.54, 1.807) is 36.7 Å². The van der Waals surface area contributed by atoms with Crippen molar-refractivity contribution in [2.45, 2.75) is 6.92 Å². The highest BCUT2D eigenvalue weighted by atomic mass is 16.5. The second-order valence-corrected chi connectivity index (χ2v) is 2.81. The predicted molar refractivity (Wildman–Crippen MR) is 61.0 cm³/mol. The molecule has 15 heavy (non-hydrogen) atoms. The van der Waals surface area contributed by atoms with Crippen LogP contribution in [0.5, 0.6) is 0 Å². The Morgan fingerprint density at radius 1 is 1.53 bits per heavy atom. The van der Waals surface area contributed by atoms with E-state index in [2.05, 4.69) is 11.6 Å². The number of ether oxygens (including phenoxy) is 1. The van der Waals surface area contributed by atoms with Crippen LogP contribution in [-0.2, 0) is 4.74 Å². The van der Waals surface area contributed by atoms with Crippen LogP contribution in [-0.4, -0.2) is 17.3 Å². The first-order valence-electron chi connectivity index (χ1n) is 4.74. The first-order chi connectivity index (χ1) is 7.29. The maximum Gasteiger partial charge on any atom is 0.144 e. The van der Waals surface area contributed by atoms with Crippen molar-refractivity contribution in [3.05, 3.63) is 54.6 Å². The van der Waals surface area contributed by atoms with Crippen molar-refractivity contribution in [3.63, 3.8) is 0 Å². The van der Waals surface area contributed by atoms with Gasteiger partial charge < -0.3 is 4.74 Å². The Morgan fingerprint density at radius 3 is 2.73 bits per heavy atom. The van der Waals surface area contributed by atoms with Crippen LogP contribution in [0.4, 0.5) is 0 Å². The van der Waals surface area contributed by atoms with Crippen molar-refractivity contribution in [2.24, 2.45) is 0 Å². The van der Waals surface area contributed by atoms with Crippen LogP contribution in [0.3, 0.4) is 0 Å². The molecule has 0 amide bonds. The Bertz CT molecular complexity index is 368. The van der Waals surface area contributed by atoms with E-state index in [9.17, 15) is 0 Å². The topological polar surface area (TPSA) is 46.0 Å². The number of nitrogens with one attached hydrogen (secondary N) is 1. The van der Waals surface area contributed by atoms with Crippen molar-refractivity contribution < 1.29 is 4.74 Å². The van der Waals surface area contributed by atoms with Gasteiger partial charge in [0.25, 0.3) is 0 Å². The van der Waals surface area contributed by atoms with Crippen LogP contribution in [0.2, 0.25) is 0 Å². The van der Waals surface area contributed by atoms with Gasteiger partial charge in [-0.25, -0.2) is 0 Å². The van der Waals surface area contributed by atoms with E-state index in [1.165, 1.54) is 0 Å². The summed E-state index contributed by atoms with van der Waals surface area (Å²) >= 11 is 0. The Balaban J connectivity index is 2.91. The monoisotopic (exact) mass is 202 g/mol. The lowest BCUT2D eigenvalue weighted by molar-refractivity contribution is 0.249. The van der Waals surface area contributed by atoms with Gasteiger partial charge in [0.15, 0.2) is 0 Å². The molecule has 1 aromatic heterocycles. The lowest BCUT2D eigenvalue weighted by atomic mass is 10.1. The molecule has 0 aliphatic heterocycles. The van der Waals surface area contributed by atoms with E-state index in [4.69, 9.17) is 10.1 Å². The third-order valence-corrected chi connectivity index (χ3v) is 1.78. The third-order valence-electron chi connectivity index (χ3n) is 1.78. The van der Waals surface area contributed by atoms with Crippen LogP contribution in [0.15, 0.2) is 49.0 Å². The van der Waals surface area contributed by atoms with Crippen molar-refractivity contribution in [1.82, 2.24) is 4.98 Å². The van der Waals surface area contributed by atoms with Gasteiger partial charge in [-0.05, 0) is 25.1 Å². The highest BCUT2D eigenvalue weighted by Gasteiger charge is 2.07. The summed E-state index contributed by atoms with van der Waals surface area (Å²) in [5, 5.41) is 7.92. The summed E-state index contributed by atoms with van der Waals surface area (Å²) in [7, 11) is 0. The zero-order valence-corrected chi connectivity index (χ0v) is 8.73. The van der Waals surface area contributed by atoms with Gasteiger partial charge >= 0.3 is 0 Å². The Hall–Kier alpha value is -1.90. The normalized spacial score (nSPS) is 10.9. The van der Waals surface area contributed by atoms with Crippen molar-refractivity contribution in [2.75, 3.05) is 6.61 Å². The number of aromatic nitrogens is 1. The second-order valence-electron chi connectivity index (χ2n) is 2.81. The van der Waals surface area contributed by atoms with Crippen LogP contribution < -0.4 is 0 Å². The molecular weight excluding hydrogens is 188 g/mol. The fraction of sp³-hybridized carbons (Fsp3) is 0.167. The summed E-state index contributed by atoms with van der Waals surface area (Å²) in [5.41, 5.74) is 1.13. The molecular formula is C12H14N2O. The molecule has 0 radical (unpaired) electrons. The molecule has 0 saturated carbocycles. The molecule has 0 unspecified atom stereocenters. The van der Waals surface area contributed by atoms with E-state index >= 15 is 0 Å². The minimum absolute atomic E-state index is 0.346. The largest absolute Gasteiger partial charge is 0.492 e. The molecule has 1 heterocycles. The standard InChI is InChI=1S/C12H14N2O/c1-3-5-11(15-4-2)12(13)10-6-8-14-9-7-10/h3,5-9,13H,1,4H2,2H3/b11-5+,13-12?. The first-order valence-corrected chi connectivity index (χ1v) is 4.74. The van der Waals surface area contributed by atoms with Gasteiger partial charge in [-0.1, -0.05) is 12.7 Å². The molecule has 1 rings (SSSR count). The van der Waals surface area contributed by atoms with Gasteiger partial charge in [-0.15, -0.1) is 0 Å². The highest BCUT2D eigenvalue weighted by Crippen LogP contribution is 2.08. The number of rotatable bonds is 5. The number of hydrogen-bond donors (Lipinski definition) is 1. The molecule has 0 fully saturated rings. The van der Waals surface area contributed by atoms with Gasteiger partial charge in [0.1, 0.15) is 11.5 Å². The van der Waals surface area contributed by atoms with E-state index in [0.29, 0.717) is 18.1 Å².